The van der Waals surface area contributed by atoms with Gasteiger partial charge < -0.3 is 14.9 Å². The van der Waals surface area contributed by atoms with Crippen LogP contribution in [-0.2, 0) is 6.42 Å². The van der Waals surface area contributed by atoms with Gasteiger partial charge in [0.15, 0.2) is 0 Å². The highest BCUT2D eigenvalue weighted by atomic mass is 16.5. The number of aryl methyl sites for hydroxylation is 1. The van der Waals surface area contributed by atoms with Gasteiger partial charge in [-0.2, -0.15) is 0 Å². The van der Waals surface area contributed by atoms with Gasteiger partial charge in [-0.25, -0.2) is 0 Å². The molecule has 3 nitrogen and oxygen atoms in total. The van der Waals surface area contributed by atoms with Crippen LogP contribution in [0.5, 0.6) is 11.5 Å². The summed E-state index contributed by atoms with van der Waals surface area (Å²) in [7, 11) is 1.70. The van der Waals surface area contributed by atoms with Gasteiger partial charge in [0.25, 0.3) is 0 Å². The number of phenolic OH excluding ortho intramolecular Hbond substituents is 1. The number of methoxy groups -OCH3 is 1. The Morgan fingerprint density at radius 3 is 2.86 bits per heavy atom. The van der Waals surface area contributed by atoms with Crippen molar-refractivity contribution in [3.05, 3.63) is 23.3 Å². The molecular formula is C19H26O3. The van der Waals surface area contributed by atoms with Crippen LogP contribution in [0, 0.1) is 17.3 Å². The molecule has 2 N–H and O–H groups in total. The first-order valence-electron chi connectivity index (χ1n) is 8.59. The molecule has 0 radical (unpaired) electrons. The summed E-state index contributed by atoms with van der Waals surface area (Å²) < 4.78 is 5.59. The summed E-state index contributed by atoms with van der Waals surface area (Å²) >= 11 is 0. The number of fused-ring (bicyclic) bond motifs is 5. The van der Waals surface area contributed by atoms with Gasteiger partial charge in [-0.05, 0) is 73.3 Å². The smallest absolute Gasteiger partial charge is 0.126 e. The van der Waals surface area contributed by atoms with Gasteiger partial charge in [0.1, 0.15) is 11.5 Å². The van der Waals surface area contributed by atoms with E-state index < -0.39 is 0 Å². The van der Waals surface area contributed by atoms with Gasteiger partial charge in [0.2, 0.25) is 0 Å². The highest BCUT2D eigenvalue weighted by Crippen LogP contribution is 2.61. The Labute approximate surface area is 132 Å². The minimum absolute atomic E-state index is 0.114. The Kier molecular flexibility index (Phi) is 3.19. The summed E-state index contributed by atoms with van der Waals surface area (Å²) in [6, 6.07) is 3.68. The molecule has 3 heteroatoms. The highest BCUT2D eigenvalue weighted by Gasteiger charge is 2.53. The van der Waals surface area contributed by atoms with Crippen molar-refractivity contribution in [2.24, 2.45) is 17.3 Å². The molecule has 3 unspecified atom stereocenters. The van der Waals surface area contributed by atoms with Crippen LogP contribution in [0.2, 0.25) is 0 Å². The van der Waals surface area contributed by atoms with E-state index in [-0.39, 0.29) is 6.10 Å². The maximum atomic E-state index is 10.2. The quantitative estimate of drug-likeness (QED) is 0.833. The number of aliphatic hydroxyl groups is 1. The molecule has 3 aliphatic carbocycles. The van der Waals surface area contributed by atoms with Crippen molar-refractivity contribution in [1.29, 1.82) is 0 Å². The van der Waals surface area contributed by atoms with Crippen molar-refractivity contribution in [2.45, 2.75) is 57.5 Å². The van der Waals surface area contributed by atoms with Crippen LogP contribution in [-0.4, -0.2) is 23.4 Å². The summed E-state index contributed by atoms with van der Waals surface area (Å²) in [5.74, 6) is 2.98. The number of hydrogen-bond donors (Lipinski definition) is 2. The number of rotatable bonds is 1. The average Bonchev–Trinajstić information content (AvgIpc) is 2.80. The second kappa shape index (κ2) is 4.89. The average molecular weight is 302 g/mol. The van der Waals surface area contributed by atoms with Gasteiger partial charge in [0.05, 0.1) is 13.2 Å². The lowest BCUT2D eigenvalue weighted by molar-refractivity contribution is 0.0586. The number of aliphatic hydroxyl groups excluding tert-OH is 1. The fourth-order valence-corrected chi connectivity index (χ4v) is 5.86. The lowest BCUT2D eigenvalue weighted by Crippen LogP contribution is -2.39. The molecule has 0 heterocycles. The van der Waals surface area contributed by atoms with Crippen LogP contribution < -0.4 is 4.74 Å². The zero-order valence-electron chi connectivity index (χ0n) is 13.5. The Morgan fingerprint density at radius 1 is 1.27 bits per heavy atom. The van der Waals surface area contributed by atoms with E-state index in [1.54, 1.807) is 13.2 Å². The maximum Gasteiger partial charge on any atom is 0.126 e. The van der Waals surface area contributed by atoms with Crippen molar-refractivity contribution >= 4 is 0 Å². The molecule has 22 heavy (non-hydrogen) atoms. The summed E-state index contributed by atoms with van der Waals surface area (Å²) in [5, 5.41) is 20.1. The van der Waals surface area contributed by atoms with Crippen LogP contribution in [0.1, 0.15) is 56.1 Å². The third kappa shape index (κ3) is 1.98. The van der Waals surface area contributed by atoms with Crippen molar-refractivity contribution in [1.82, 2.24) is 0 Å². The number of aromatic hydroxyl groups is 1. The van der Waals surface area contributed by atoms with E-state index in [1.807, 2.05) is 6.07 Å². The van der Waals surface area contributed by atoms with E-state index in [2.05, 4.69) is 6.92 Å². The molecule has 0 aromatic heterocycles. The molecule has 2 fully saturated rings. The molecule has 0 aliphatic heterocycles. The van der Waals surface area contributed by atoms with E-state index in [9.17, 15) is 10.2 Å². The Morgan fingerprint density at radius 2 is 2.09 bits per heavy atom. The summed E-state index contributed by atoms with van der Waals surface area (Å²) in [4.78, 5) is 0. The molecule has 0 spiro atoms. The van der Waals surface area contributed by atoms with E-state index in [0.29, 0.717) is 28.9 Å². The minimum atomic E-state index is -0.114. The van der Waals surface area contributed by atoms with Crippen molar-refractivity contribution < 1.29 is 14.9 Å². The maximum absolute atomic E-state index is 10.2. The van der Waals surface area contributed by atoms with Crippen LogP contribution in [0.25, 0.3) is 0 Å². The van der Waals surface area contributed by atoms with Crippen molar-refractivity contribution in [3.63, 3.8) is 0 Å². The van der Waals surface area contributed by atoms with Gasteiger partial charge in [0, 0.05) is 11.6 Å². The van der Waals surface area contributed by atoms with Crippen LogP contribution in [0.4, 0.5) is 0 Å². The van der Waals surface area contributed by atoms with Crippen molar-refractivity contribution in [3.8, 4) is 11.5 Å². The van der Waals surface area contributed by atoms with Gasteiger partial charge in [-0.3, -0.25) is 0 Å². The third-order valence-corrected chi connectivity index (χ3v) is 6.73. The molecular weight excluding hydrogens is 276 g/mol. The Hall–Kier alpha value is -1.22. The molecule has 4 rings (SSSR count). The monoisotopic (exact) mass is 302 g/mol. The second-order valence-electron chi connectivity index (χ2n) is 7.92. The molecule has 0 saturated heterocycles. The normalized spacial score (nSPS) is 39.8. The Balaban J connectivity index is 1.75. The third-order valence-electron chi connectivity index (χ3n) is 6.73. The SMILES string of the molecule is COc1cc(O)cc2c1C1CC[C@]3(C)C[C@H](O)CC3C1CC2. The first-order valence-corrected chi connectivity index (χ1v) is 8.59. The molecule has 1 aromatic carbocycles. The summed E-state index contributed by atoms with van der Waals surface area (Å²) in [6.45, 7) is 2.38. The lowest BCUT2D eigenvalue weighted by Gasteiger charge is -2.49. The molecule has 0 bridgehead atoms. The fourth-order valence-electron chi connectivity index (χ4n) is 5.86. The second-order valence-corrected chi connectivity index (χ2v) is 7.92. The minimum Gasteiger partial charge on any atom is -0.508 e. The van der Waals surface area contributed by atoms with E-state index in [1.165, 1.54) is 30.4 Å². The van der Waals surface area contributed by atoms with Gasteiger partial charge in [-0.15, -0.1) is 0 Å². The molecule has 120 valence electrons. The molecule has 3 aliphatic rings. The highest BCUT2D eigenvalue weighted by molar-refractivity contribution is 5.50. The van der Waals surface area contributed by atoms with Crippen LogP contribution in [0.3, 0.4) is 0 Å². The zero-order chi connectivity index (χ0) is 15.5. The largest absolute Gasteiger partial charge is 0.508 e. The van der Waals surface area contributed by atoms with Crippen LogP contribution in [0.15, 0.2) is 12.1 Å². The molecule has 5 atom stereocenters. The van der Waals surface area contributed by atoms with Gasteiger partial charge >= 0.3 is 0 Å². The topological polar surface area (TPSA) is 49.7 Å². The predicted molar refractivity (Wildman–Crippen MR) is 85.3 cm³/mol. The zero-order valence-corrected chi connectivity index (χ0v) is 13.5. The Bertz CT molecular complexity index is 579. The standard InChI is InChI=1S/C19H26O3/c1-19-6-5-15-14(16(19)8-13(21)10-19)4-3-11-7-12(20)9-17(22-2)18(11)15/h7,9,13-16,20-21H,3-6,8,10H2,1-2H3/t13-,14?,15?,16?,19-/m1/s1. The molecule has 2 saturated carbocycles. The van der Waals surface area contributed by atoms with Crippen molar-refractivity contribution in [2.75, 3.05) is 7.11 Å². The van der Waals surface area contributed by atoms with E-state index in [4.69, 9.17) is 4.74 Å². The fraction of sp³-hybridized carbons (Fsp3) is 0.684. The number of phenols is 1. The van der Waals surface area contributed by atoms with E-state index >= 15 is 0 Å². The predicted octanol–water partition coefficient (Wildman–Crippen LogP) is 3.62. The molecule has 1 aromatic rings. The first kappa shape index (κ1) is 14.4. The summed E-state index contributed by atoms with van der Waals surface area (Å²) in [5.41, 5.74) is 2.92. The first-order chi connectivity index (χ1) is 10.5. The number of hydrogen-bond acceptors (Lipinski definition) is 3. The summed E-state index contributed by atoms with van der Waals surface area (Å²) in [6.07, 6.45) is 6.39. The van der Waals surface area contributed by atoms with Crippen LogP contribution >= 0.6 is 0 Å². The molecule has 0 amide bonds. The lowest BCUT2D eigenvalue weighted by atomic mass is 9.56. The number of ether oxygens (including phenoxy) is 1. The number of benzene rings is 1. The van der Waals surface area contributed by atoms with E-state index in [0.717, 1.165) is 25.0 Å². The van der Waals surface area contributed by atoms with Gasteiger partial charge in [-0.1, -0.05) is 6.92 Å².